The lowest BCUT2D eigenvalue weighted by atomic mass is 10.1. The minimum atomic E-state index is -0.863. The van der Waals surface area contributed by atoms with Crippen molar-refractivity contribution in [1.29, 1.82) is 0 Å². The number of allylic oxidation sites excluding steroid dienone is 22. The maximum atomic E-state index is 12.7. The molecule has 0 rings (SSSR count). The van der Waals surface area contributed by atoms with Crippen LogP contribution in [0.5, 0.6) is 0 Å². The van der Waals surface area contributed by atoms with E-state index in [1.54, 1.807) is 0 Å². The molecule has 0 aliphatic rings. The molecule has 0 aromatic carbocycles. The first-order chi connectivity index (χ1) is 30.0. The van der Waals surface area contributed by atoms with Gasteiger partial charge in [-0.3, -0.25) is 14.4 Å². The molecule has 0 N–H and O–H groups in total. The lowest BCUT2D eigenvalue weighted by molar-refractivity contribution is -0.166. The molecule has 0 saturated carbocycles. The topological polar surface area (TPSA) is 78.9 Å². The third-order valence-corrected chi connectivity index (χ3v) is 9.25. The highest BCUT2D eigenvalue weighted by Gasteiger charge is 2.19. The van der Waals surface area contributed by atoms with Crippen molar-refractivity contribution in [2.45, 2.75) is 181 Å². The molecule has 0 radical (unpaired) electrons. The molecule has 6 heteroatoms. The Bertz CT molecular complexity index is 1380. The molecule has 1 unspecified atom stereocenters. The van der Waals surface area contributed by atoms with Crippen molar-refractivity contribution in [2.24, 2.45) is 0 Å². The molecular formula is C55H84O6. The fraction of sp³-hybridized carbons (Fsp3) is 0.545. The molecule has 0 heterocycles. The Morgan fingerprint density at radius 1 is 0.361 bits per heavy atom. The zero-order valence-electron chi connectivity index (χ0n) is 38.6. The number of hydrogen-bond acceptors (Lipinski definition) is 6. The van der Waals surface area contributed by atoms with E-state index in [1.165, 1.54) is 64.2 Å². The Kier molecular flexibility index (Phi) is 44.7. The van der Waals surface area contributed by atoms with E-state index < -0.39 is 12.1 Å². The summed E-state index contributed by atoms with van der Waals surface area (Å²) in [6.45, 7) is 6.25. The molecule has 0 fully saturated rings. The molecule has 0 bridgehead atoms. The molecule has 0 saturated heterocycles. The molecule has 340 valence electrons. The summed E-state index contributed by atoms with van der Waals surface area (Å²) in [6, 6.07) is 0. The summed E-state index contributed by atoms with van der Waals surface area (Å²) >= 11 is 0. The summed E-state index contributed by atoms with van der Waals surface area (Å²) in [5.74, 6) is -1.17. The normalized spacial score (nSPS) is 13.3. The summed E-state index contributed by atoms with van der Waals surface area (Å²) in [6.07, 6.45) is 67.5. The summed E-state index contributed by atoms with van der Waals surface area (Å²) in [7, 11) is 0. The van der Waals surface area contributed by atoms with Crippen molar-refractivity contribution in [1.82, 2.24) is 0 Å². The second-order valence-electron chi connectivity index (χ2n) is 15.0. The minimum absolute atomic E-state index is 0.157. The largest absolute Gasteiger partial charge is 0.462 e. The Balaban J connectivity index is 4.67. The third kappa shape index (κ3) is 46.5. The first kappa shape index (κ1) is 56.5. The van der Waals surface area contributed by atoms with Gasteiger partial charge >= 0.3 is 17.9 Å². The van der Waals surface area contributed by atoms with E-state index in [4.69, 9.17) is 14.2 Å². The number of hydrogen-bond donors (Lipinski definition) is 0. The maximum Gasteiger partial charge on any atom is 0.306 e. The van der Waals surface area contributed by atoms with Crippen LogP contribution < -0.4 is 0 Å². The predicted molar refractivity (Wildman–Crippen MR) is 260 cm³/mol. The van der Waals surface area contributed by atoms with E-state index in [9.17, 15) is 14.4 Å². The number of esters is 3. The number of carbonyl (C=O) groups excluding carboxylic acids is 3. The monoisotopic (exact) mass is 841 g/mol. The SMILES string of the molecule is CC\C=C/C=C\C=C/C=C\C=C/CCCC(=O)OC(COC(=O)CC/C=C\C/C=C\CCCCCCCC)COC(=O)CCC/C=C\C/C=C\C/C=C\C/C=C\CCCCC. The Labute approximate surface area is 373 Å². The molecule has 6 nitrogen and oxygen atoms in total. The van der Waals surface area contributed by atoms with Crippen LogP contribution in [-0.4, -0.2) is 37.2 Å². The Morgan fingerprint density at radius 3 is 1.28 bits per heavy atom. The zero-order valence-corrected chi connectivity index (χ0v) is 38.6. The summed E-state index contributed by atoms with van der Waals surface area (Å²) in [4.78, 5) is 37.8. The van der Waals surface area contributed by atoms with Crippen LogP contribution in [0.4, 0.5) is 0 Å². The van der Waals surface area contributed by atoms with Crippen LogP contribution in [0.2, 0.25) is 0 Å². The third-order valence-electron chi connectivity index (χ3n) is 9.25. The summed E-state index contributed by atoms with van der Waals surface area (Å²) in [5.41, 5.74) is 0. The number of ether oxygens (including phenoxy) is 3. The first-order valence-electron chi connectivity index (χ1n) is 23.8. The van der Waals surface area contributed by atoms with E-state index in [-0.39, 0.29) is 44.4 Å². The van der Waals surface area contributed by atoms with Gasteiger partial charge in [-0.05, 0) is 89.9 Å². The quantitative estimate of drug-likeness (QED) is 0.0201. The molecule has 0 amide bonds. The van der Waals surface area contributed by atoms with Crippen molar-refractivity contribution in [3.8, 4) is 0 Å². The summed E-state index contributed by atoms with van der Waals surface area (Å²) < 4.78 is 16.5. The van der Waals surface area contributed by atoms with E-state index in [1.807, 2.05) is 60.8 Å². The Morgan fingerprint density at radius 2 is 0.738 bits per heavy atom. The predicted octanol–water partition coefficient (Wildman–Crippen LogP) is 15.5. The van der Waals surface area contributed by atoms with Gasteiger partial charge in [0.15, 0.2) is 6.10 Å². The first-order valence-corrected chi connectivity index (χ1v) is 23.8. The molecule has 0 aliphatic heterocycles. The van der Waals surface area contributed by atoms with E-state index in [0.717, 1.165) is 44.9 Å². The van der Waals surface area contributed by atoms with Crippen molar-refractivity contribution in [2.75, 3.05) is 13.2 Å². The van der Waals surface area contributed by atoms with Gasteiger partial charge in [-0.25, -0.2) is 0 Å². The molecule has 0 aromatic heterocycles. The second-order valence-corrected chi connectivity index (χ2v) is 15.0. The number of unbranched alkanes of at least 4 members (excludes halogenated alkanes) is 11. The zero-order chi connectivity index (χ0) is 44.4. The van der Waals surface area contributed by atoms with Gasteiger partial charge in [0, 0.05) is 19.3 Å². The standard InChI is InChI=1S/C55H84O6/c1-4-7-10-13-16-19-22-25-26-27-28-31-33-36-39-42-45-48-54(57)60-51-52(61-55(58)49-46-43-40-37-34-30-24-21-18-15-12-9-6-3)50-59-53(56)47-44-41-38-35-32-29-23-20-17-14-11-8-5-2/h9,12,15-16,18-19,21,24-26,28-32,34,36-41,52H,4-8,10-11,13-14,17,20,22-23,27,33,35,42-51H2,1-3H3/b12-9-,18-15-,19-16-,24-21-,26-25-,31-28-,32-29-,34-30-,39-36-,40-37-,41-38-. The molecule has 61 heavy (non-hydrogen) atoms. The van der Waals surface area contributed by atoms with Crippen LogP contribution >= 0.6 is 0 Å². The van der Waals surface area contributed by atoms with Gasteiger partial charge < -0.3 is 14.2 Å². The average molecular weight is 841 g/mol. The van der Waals surface area contributed by atoms with Crippen LogP contribution in [0.15, 0.2) is 134 Å². The fourth-order valence-corrected chi connectivity index (χ4v) is 5.69. The highest BCUT2D eigenvalue weighted by atomic mass is 16.6. The van der Waals surface area contributed by atoms with Crippen LogP contribution in [0.3, 0.4) is 0 Å². The van der Waals surface area contributed by atoms with Gasteiger partial charge in [0.25, 0.3) is 0 Å². The van der Waals surface area contributed by atoms with Gasteiger partial charge in [0.05, 0.1) is 0 Å². The van der Waals surface area contributed by atoms with E-state index >= 15 is 0 Å². The fourth-order valence-electron chi connectivity index (χ4n) is 5.69. The summed E-state index contributed by atoms with van der Waals surface area (Å²) in [5, 5.41) is 0. The van der Waals surface area contributed by atoms with Gasteiger partial charge in [-0.2, -0.15) is 0 Å². The van der Waals surface area contributed by atoms with Gasteiger partial charge in [0.2, 0.25) is 0 Å². The van der Waals surface area contributed by atoms with Crippen LogP contribution in [0.25, 0.3) is 0 Å². The van der Waals surface area contributed by atoms with Crippen molar-refractivity contribution in [3.63, 3.8) is 0 Å². The lowest BCUT2D eigenvalue weighted by Gasteiger charge is -2.18. The van der Waals surface area contributed by atoms with E-state index in [2.05, 4.69) is 93.7 Å². The van der Waals surface area contributed by atoms with Gasteiger partial charge in [0.1, 0.15) is 13.2 Å². The smallest absolute Gasteiger partial charge is 0.306 e. The van der Waals surface area contributed by atoms with Crippen LogP contribution in [0.1, 0.15) is 175 Å². The lowest BCUT2D eigenvalue weighted by Crippen LogP contribution is -2.30. The van der Waals surface area contributed by atoms with Gasteiger partial charge in [-0.15, -0.1) is 0 Å². The molecule has 0 aromatic rings. The molecule has 1 atom stereocenters. The van der Waals surface area contributed by atoms with Crippen molar-refractivity contribution < 1.29 is 28.6 Å². The molecular weight excluding hydrogens is 757 g/mol. The highest BCUT2D eigenvalue weighted by molar-refractivity contribution is 5.71. The molecule has 0 spiro atoms. The average Bonchev–Trinajstić information content (AvgIpc) is 3.26. The van der Waals surface area contributed by atoms with Gasteiger partial charge in [-0.1, -0.05) is 199 Å². The number of carbonyl (C=O) groups is 3. The van der Waals surface area contributed by atoms with Crippen LogP contribution in [-0.2, 0) is 28.6 Å². The van der Waals surface area contributed by atoms with Crippen LogP contribution in [0, 0.1) is 0 Å². The Hall–Kier alpha value is -4.45. The van der Waals surface area contributed by atoms with Crippen molar-refractivity contribution >= 4 is 17.9 Å². The highest BCUT2D eigenvalue weighted by Crippen LogP contribution is 2.09. The second kappa shape index (κ2) is 48.2. The molecule has 0 aliphatic carbocycles. The maximum absolute atomic E-state index is 12.7. The minimum Gasteiger partial charge on any atom is -0.462 e. The van der Waals surface area contributed by atoms with Crippen molar-refractivity contribution in [3.05, 3.63) is 134 Å². The number of rotatable bonds is 40. The van der Waals surface area contributed by atoms with E-state index in [0.29, 0.717) is 25.7 Å².